The van der Waals surface area contributed by atoms with Crippen molar-refractivity contribution in [2.75, 3.05) is 6.54 Å². The third kappa shape index (κ3) is 5.04. The van der Waals surface area contributed by atoms with Gasteiger partial charge in [0.05, 0.1) is 11.8 Å². The summed E-state index contributed by atoms with van der Waals surface area (Å²) in [7, 11) is 0. The van der Waals surface area contributed by atoms with E-state index in [1.807, 2.05) is 36.4 Å². The molecule has 4 aliphatic rings. The zero-order chi connectivity index (χ0) is 32.1. The number of ether oxygens (including phenoxy) is 1. The number of aromatic hydroxyl groups is 2. The smallest absolute Gasteiger partial charge is 0.233 e. The average molecular weight is 616 g/mol. The van der Waals surface area contributed by atoms with E-state index in [0.717, 1.165) is 16.7 Å². The first kappa shape index (κ1) is 29.5. The molecule has 3 aliphatic carbocycles. The van der Waals surface area contributed by atoms with Gasteiger partial charge in [0.1, 0.15) is 23.9 Å². The molecule has 2 N–H and O–H groups in total. The normalized spacial score (nSPS) is 23.9. The Morgan fingerprint density at radius 2 is 1.63 bits per heavy atom. The number of nitrogens with zero attached hydrogens (tertiary/aromatic N) is 1. The highest BCUT2D eigenvalue weighted by atomic mass is 16.5. The lowest BCUT2D eigenvalue weighted by Crippen LogP contribution is -2.40. The quantitative estimate of drug-likeness (QED) is 0.209. The van der Waals surface area contributed by atoms with Gasteiger partial charge in [0.15, 0.2) is 11.6 Å². The van der Waals surface area contributed by atoms with Crippen LogP contribution in [0.15, 0.2) is 107 Å². The third-order valence-electron chi connectivity index (χ3n) is 9.78. The van der Waals surface area contributed by atoms with Crippen LogP contribution in [0.5, 0.6) is 17.2 Å². The fourth-order valence-corrected chi connectivity index (χ4v) is 7.52. The number of Topliss-reactive ketones (excluding diaryl/α,β-unsaturated/α-hetero) is 1. The number of allylic oxidation sites excluding steroid dienone is 6. The first-order valence-corrected chi connectivity index (χ1v) is 15.5. The molecular formula is C38H33NO7. The molecule has 0 radical (unpaired) electrons. The Labute approximate surface area is 266 Å². The van der Waals surface area contributed by atoms with Crippen LogP contribution in [0, 0.1) is 17.8 Å². The van der Waals surface area contributed by atoms with Gasteiger partial charge < -0.3 is 14.9 Å². The summed E-state index contributed by atoms with van der Waals surface area (Å²) < 4.78 is 5.92. The molecule has 232 valence electrons. The molecule has 0 unspecified atom stereocenters. The van der Waals surface area contributed by atoms with Crippen LogP contribution in [0.2, 0.25) is 0 Å². The second kappa shape index (κ2) is 11.6. The Morgan fingerprint density at radius 1 is 0.870 bits per heavy atom. The number of benzene rings is 3. The molecule has 3 aromatic rings. The molecular weight excluding hydrogens is 582 g/mol. The fourth-order valence-electron chi connectivity index (χ4n) is 7.52. The minimum Gasteiger partial charge on any atom is -0.508 e. The van der Waals surface area contributed by atoms with Crippen LogP contribution in [0.3, 0.4) is 0 Å². The topological polar surface area (TPSA) is 121 Å². The summed E-state index contributed by atoms with van der Waals surface area (Å²) in [5, 5.41) is 21.0. The molecule has 8 nitrogen and oxygen atoms in total. The van der Waals surface area contributed by atoms with Gasteiger partial charge in [0, 0.05) is 40.8 Å². The monoisotopic (exact) mass is 615 g/mol. The molecule has 3 aromatic carbocycles. The molecule has 7 rings (SSSR count). The van der Waals surface area contributed by atoms with E-state index >= 15 is 0 Å². The maximum atomic E-state index is 14.0. The minimum absolute atomic E-state index is 0.0815. The number of hydrogen-bond donors (Lipinski definition) is 2. The Kier molecular flexibility index (Phi) is 7.43. The summed E-state index contributed by atoms with van der Waals surface area (Å²) in [6.45, 7) is 2.13. The fraction of sp³-hybridized carbons (Fsp3) is 0.263. The summed E-state index contributed by atoms with van der Waals surface area (Å²) in [6, 6.07) is 21.3. The van der Waals surface area contributed by atoms with E-state index < -0.39 is 23.7 Å². The minimum atomic E-state index is -0.743. The molecule has 1 saturated heterocycles. The summed E-state index contributed by atoms with van der Waals surface area (Å²) in [4.78, 5) is 56.0. The van der Waals surface area contributed by atoms with Crippen LogP contribution < -0.4 is 4.74 Å². The summed E-state index contributed by atoms with van der Waals surface area (Å²) >= 11 is 0. The van der Waals surface area contributed by atoms with E-state index in [0.29, 0.717) is 47.5 Å². The molecule has 0 saturated carbocycles. The summed E-state index contributed by atoms with van der Waals surface area (Å²) in [5.41, 5.74) is 4.10. The number of phenolic OH excluding ortho intramolecular Hbond substituents is 2. The van der Waals surface area contributed by atoms with Crippen molar-refractivity contribution in [2.45, 2.75) is 38.7 Å². The van der Waals surface area contributed by atoms with Crippen molar-refractivity contribution in [3.05, 3.63) is 124 Å². The number of carbonyl (C=O) groups excluding carboxylic acids is 4. The highest BCUT2D eigenvalue weighted by molar-refractivity contribution is 6.23. The van der Waals surface area contributed by atoms with Gasteiger partial charge in [0.25, 0.3) is 0 Å². The molecule has 1 aliphatic heterocycles. The van der Waals surface area contributed by atoms with Crippen molar-refractivity contribution in [1.29, 1.82) is 0 Å². The molecule has 1 heterocycles. The van der Waals surface area contributed by atoms with Gasteiger partial charge in [-0.25, -0.2) is 0 Å². The van der Waals surface area contributed by atoms with Gasteiger partial charge in [0.2, 0.25) is 11.8 Å². The first-order chi connectivity index (χ1) is 22.2. The van der Waals surface area contributed by atoms with Crippen LogP contribution >= 0.6 is 0 Å². The molecule has 0 spiro atoms. The highest BCUT2D eigenvalue weighted by Crippen LogP contribution is 2.56. The van der Waals surface area contributed by atoms with Crippen molar-refractivity contribution in [2.24, 2.45) is 17.8 Å². The summed E-state index contributed by atoms with van der Waals surface area (Å²) in [5.74, 6) is -2.98. The van der Waals surface area contributed by atoms with E-state index in [-0.39, 0.29) is 47.8 Å². The van der Waals surface area contributed by atoms with E-state index in [9.17, 15) is 29.4 Å². The lowest BCUT2D eigenvalue weighted by atomic mass is 9.59. The molecule has 8 heteroatoms. The van der Waals surface area contributed by atoms with E-state index in [1.54, 1.807) is 43.3 Å². The number of carbonyl (C=O) groups is 4. The Hall–Kier alpha value is -5.24. The van der Waals surface area contributed by atoms with Crippen molar-refractivity contribution in [3.8, 4) is 17.2 Å². The predicted octanol–water partition coefficient (Wildman–Crippen LogP) is 5.35. The van der Waals surface area contributed by atoms with Gasteiger partial charge in [-0.3, -0.25) is 24.1 Å². The Bertz CT molecular complexity index is 1870. The van der Waals surface area contributed by atoms with Gasteiger partial charge in [-0.1, -0.05) is 60.2 Å². The van der Waals surface area contributed by atoms with Crippen LogP contribution in [0.4, 0.5) is 0 Å². The summed E-state index contributed by atoms with van der Waals surface area (Å²) in [6.07, 6.45) is 4.25. The number of hydrogen-bond acceptors (Lipinski definition) is 7. The number of phenols is 2. The number of likely N-dealkylation sites (tertiary alicyclic amines) is 1. The standard InChI is InChI=1S/C38H33NO7/c1-21-17-32(42)35-30(36(21)43)19-29-26(33(35)27-12-11-25(18-31(27)41)46-20-23-5-3-2-4-6-23)13-14-28-34(29)38(45)39(37(28)44)16-15-22-7-9-24(40)10-8-22/h2-13,17-18,28-29,33-34,40-41H,14-16,19-20H2,1H3/t28-,29+,33+,34-/m0/s1. The van der Waals surface area contributed by atoms with E-state index in [2.05, 4.69) is 0 Å². The lowest BCUT2D eigenvalue weighted by Gasteiger charge is -2.42. The average Bonchev–Trinajstić information content (AvgIpc) is 3.30. The molecule has 2 amide bonds. The van der Waals surface area contributed by atoms with Crippen molar-refractivity contribution >= 4 is 23.4 Å². The van der Waals surface area contributed by atoms with Gasteiger partial charge in [-0.15, -0.1) is 0 Å². The number of imide groups is 1. The predicted molar refractivity (Wildman–Crippen MR) is 169 cm³/mol. The van der Waals surface area contributed by atoms with Crippen LogP contribution in [-0.4, -0.2) is 45.0 Å². The van der Waals surface area contributed by atoms with Gasteiger partial charge in [-0.2, -0.15) is 0 Å². The lowest BCUT2D eigenvalue weighted by molar-refractivity contribution is -0.140. The van der Waals surface area contributed by atoms with Crippen molar-refractivity contribution in [3.63, 3.8) is 0 Å². The van der Waals surface area contributed by atoms with Crippen LogP contribution in [-0.2, 0) is 32.2 Å². The van der Waals surface area contributed by atoms with Crippen molar-refractivity contribution in [1.82, 2.24) is 4.90 Å². The second-order valence-electron chi connectivity index (χ2n) is 12.5. The van der Waals surface area contributed by atoms with E-state index in [1.165, 1.54) is 17.0 Å². The molecule has 1 fully saturated rings. The zero-order valence-electron chi connectivity index (χ0n) is 25.3. The molecule has 46 heavy (non-hydrogen) atoms. The highest BCUT2D eigenvalue weighted by Gasteiger charge is 2.56. The Balaban J connectivity index is 1.22. The number of fused-ring (bicyclic) bond motifs is 3. The number of amides is 2. The van der Waals surface area contributed by atoms with Crippen molar-refractivity contribution < 1.29 is 34.1 Å². The maximum Gasteiger partial charge on any atom is 0.233 e. The Morgan fingerprint density at radius 3 is 2.37 bits per heavy atom. The second-order valence-corrected chi connectivity index (χ2v) is 12.5. The number of rotatable bonds is 7. The van der Waals surface area contributed by atoms with Gasteiger partial charge >= 0.3 is 0 Å². The third-order valence-corrected chi connectivity index (χ3v) is 9.78. The molecule has 0 aromatic heterocycles. The first-order valence-electron chi connectivity index (χ1n) is 15.5. The SMILES string of the molecule is CC1=CC(=O)C2=C(C[C@@H]3C(=CC[C@@H]4C(=O)N(CCc5ccc(O)cc5)C(=O)[C@@H]43)[C@@H]2c2ccc(OCc3ccccc3)cc2O)C1=O. The van der Waals surface area contributed by atoms with E-state index in [4.69, 9.17) is 4.74 Å². The molecule has 0 bridgehead atoms. The molecule has 4 atom stereocenters. The largest absolute Gasteiger partial charge is 0.508 e. The maximum absolute atomic E-state index is 14.0. The van der Waals surface area contributed by atoms with Gasteiger partial charge in [-0.05, 0) is 67.5 Å². The number of ketones is 2. The van der Waals surface area contributed by atoms with Crippen LogP contribution in [0.25, 0.3) is 0 Å². The zero-order valence-corrected chi connectivity index (χ0v) is 25.3. The van der Waals surface area contributed by atoms with Crippen LogP contribution in [0.1, 0.15) is 42.4 Å².